The molecule has 10 nitrogen and oxygen atoms in total. The Labute approximate surface area is 211 Å². The molecule has 0 aromatic carbocycles. The van der Waals surface area contributed by atoms with Crippen molar-refractivity contribution < 1.29 is 4.79 Å². The van der Waals surface area contributed by atoms with Gasteiger partial charge in [-0.3, -0.25) is 24.8 Å². The molecule has 6 aromatic heterocycles. The summed E-state index contributed by atoms with van der Waals surface area (Å²) in [5, 5.41) is 11.2. The summed E-state index contributed by atoms with van der Waals surface area (Å²) in [6.45, 7) is 5.66. The molecule has 0 saturated heterocycles. The summed E-state index contributed by atoms with van der Waals surface area (Å²) < 4.78 is 0. The maximum atomic E-state index is 12.1. The minimum atomic E-state index is -0.128. The van der Waals surface area contributed by atoms with Crippen molar-refractivity contribution in [2.24, 2.45) is 5.92 Å². The zero-order valence-electron chi connectivity index (χ0n) is 20.4. The molecule has 0 aliphatic carbocycles. The molecule has 0 aliphatic rings. The van der Waals surface area contributed by atoms with Crippen LogP contribution in [0.4, 0.5) is 5.69 Å². The number of carbonyl (C=O) groups excluding carboxylic acids is 1. The Hall–Kier alpha value is -4.99. The van der Waals surface area contributed by atoms with Crippen molar-refractivity contribution in [1.29, 1.82) is 0 Å². The molecule has 6 aromatic rings. The lowest BCUT2D eigenvalue weighted by Gasteiger charge is -2.09. The van der Waals surface area contributed by atoms with E-state index in [1.807, 2.05) is 51.2 Å². The Morgan fingerprint density at radius 2 is 1.81 bits per heavy atom. The molecule has 6 heterocycles. The highest BCUT2D eigenvalue weighted by atomic mass is 16.1. The van der Waals surface area contributed by atoms with Crippen LogP contribution in [0.5, 0.6) is 0 Å². The van der Waals surface area contributed by atoms with E-state index in [0.29, 0.717) is 22.9 Å². The van der Waals surface area contributed by atoms with E-state index in [1.165, 1.54) is 0 Å². The normalized spacial score (nSPS) is 11.5. The maximum Gasteiger partial charge on any atom is 0.226 e. The molecular weight excluding hydrogens is 466 g/mol. The zero-order chi connectivity index (χ0) is 25.5. The van der Waals surface area contributed by atoms with Gasteiger partial charge in [-0.15, -0.1) is 0 Å². The molecule has 1 amide bonds. The van der Waals surface area contributed by atoms with E-state index in [1.54, 1.807) is 31.0 Å². The molecule has 6 rings (SSSR count). The van der Waals surface area contributed by atoms with E-state index in [2.05, 4.69) is 40.4 Å². The third-order valence-corrected chi connectivity index (χ3v) is 6.18. The molecule has 0 unspecified atom stereocenters. The van der Waals surface area contributed by atoms with E-state index in [-0.39, 0.29) is 11.8 Å². The summed E-state index contributed by atoms with van der Waals surface area (Å²) in [7, 11) is 0. The van der Waals surface area contributed by atoms with E-state index in [9.17, 15) is 4.79 Å². The summed E-state index contributed by atoms with van der Waals surface area (Å²) in [6, 6.07) is 7.77. The van der Waals surface area contributed by atoms with Gasteiger partial charge in [0.25, 0.3) is 0 Å². The average molecular weight is 490 g/mol. The fraction of sp³-hybridized carbons (Fsp3) is 0.148. The number of aromatic amines is 2. The first kappa shape index (κ1) is 22.5. The van der Waals surface area contributed by atoms with Crippen LogP contribution in [0, 0.1) is 12.8 Å². The van der Waals surface area contributed by atoms with E-state index < -0.39 is 0 Å². The molecule has 0 spiro atoms. The number of hydrogen-bond donors (Lipinski definition) is 3. The molecule has 0 aliphatic heterocycles. The second-order valence-electron chi connectivity index (χ2n) is 9.11. The number of fused-ring (bicyclic) bond motifs is 2. The molecule has 3 N–H and O–H groups in total. The van der Waals surface area contributed by atoms with Crippen LogP contribution in [-0.2, 0) is 4.79 Å². The number of H-pyrrole nitrogens is 2. The second-order valence-corrected chi connectivity index (χ2v) is 9.11. The number of hydrogen-bond acceptors (Lipinski definition) is 7. The van der Waals surface area contributed by atoms with Gasteiger partial charge in [-0.1, -0.05) is 19.9 Å². The standard InChI is InChI=1S/C27H23N9O/c1-14(2)27(37)32-19-7-17(10-29-12-19)18-8-20-23(35-36-25(20)31-11-18)26-33-21-13-30-15(3)22(24(21)34-26)16-5-4-6-28-9-16/h4-14H,1-3H3,(H,32,37)(H,33,34)(H,31,35,36). The molecule has 0 radical (unpaired) electrons. The van der Waals surface area contributed by atoms with Gasteiger partial charge in [0, 0.05) is 58.7 Å². The van der Waals surface area contributed by atoms with Crippen LogP contribution in [0.25, 0.3) is 55.8 Å². The Bertz CT molecular complexity index is 1770. The van der Waals surface area contributed by atoms with Crippen LogP contribution in [-0.4, -0.2) is 46.0 Å². The minimum absolute atomic E-state index is 0.0649. The van der Waals surface area contributed by atoms with Crippen LogP contribution in [0.15, 0.2) is 61.4 Å². The van der Waals surface area contributed by atoms with Crippen LogP contribution in [0.2, 0.25) is 0 Å². The van der Waals surface area contributed by atoms with Crippen LogP contribution >= 0.6 is 0 Å². The molecule has 0 saturated carbocycles. The number of imidazole rings is 1. The average Bonchev–Trinajstić information content (AvgIpc) is 3.53. The van der Waals surface area contributed by atoms with E-state index in [0.717, 1.165) is 44.4 Å². The van der Waals surface area contributed by atoms with Crippen molar-refractivity contribution in [3.63, 3.8) is 0 Å². The van der Waals surface area contributed by atoms with Gasteiger partial charge in [0.05, 0.1) is 29.0 Å². The Morgan fingerprint density at radius 1 is 0.973 bits per heavy atom. The van der Waals surface area contributed by atoms with Crippen LogP contribution < -0.4 is 5.32 Å². The topological polar surface area (TPSA) is 138 Å². The lowest BCUT2D eigenvalue weighted by molar-refractivity contribution is -0.118. The summed E-state index contributed by atoms with van der Waals surface area (Å²) >= 11 is 0. The molecule has 182 valence electrons. The highest BCUT2D eigenvalue weighted by Crippen LogP contribution is 2.33. The fourth-order valence-electron chi connectivity index (χ4n) is 4.23. The highest BCUT2D eigenvalue weighted by molar-refractivity contribution is 5.98. The quantitative estimate of drug-likeness (QED) is 0.312. The number of nitrogens with zero attached hydrogens (tertiary/aromatic N) is 6. The Morgan fingerprint density at radius 3 is 2.62 bits per heavy atom. The van der Waals surface area contributed by atoms with Gasteiger partial charge in [-0.2, -0.15) is 5.10 Å². The number of aromatic nitrogens is 8. The molecule has 0 fully saturated rings. The van der Waals surface area contributed by atoms with Gasteiger partial charge < -0.3 is 10.3 Å². The summed E-state index contributed by atoms with van der Waals surface area (Å²) in [5.74, 6) is 0.437. The van der Waals surface area contributed by atoms with Gasteiger partial charge >= 0.3 is 0 Å². The lowest BCUT2D eigenvalue weighted by Crippen LogP contribution is -2.17. The van der Waals surface area contributed by atoms with Crippen LogP contribution in [0.3, 0.4) is 0 Å². The summed E-state index contributed by atoms with van der Waals surface area (Å²) in [4.78, 5) is 38.1. The van der Waals surface area contributed by atoms with Crippen molar-refractivity contribution in [3.05, 3.63) is 67.1 Å². The third-order valence-electron chi connectivity index (χ3n) is 6.18. The third kappa shape index (κ3) is 4.08. The Balaban J connectivity index is 1.43. The number of aryl methyl sites for hydroxylation is 1. The molecule has 0 atom stereocenters. The van der Waals surface area contributed by atoms with Gasteiger partial charge in [0.2, 0.25) is 5.91 Å². The number of rotatable bonds is 5. The predicted molar refractivity (Wildman–Crippen MR) is 141 cm³/mol. The lowest BCUT2D eigenvalue weighted by atomic mass is 10.1. The largest absolute Gasteiger partial charge is 0.335 e. The molecule has 10 heteroatoms. The molecule has 37 heavy (non-hydrogen) atoms. The first-order valence-corrected chi connectivity index (χ1v) is 11.8. The van der Waals surface area contributed by atoms with Crippen molar-refractivity contribution in [3.8, 4) is 33.8 Å². The van der Waals surface area contributed by atoms with Gasteiger partial charge in [0.1, 0.15) is 11.2 Å². The smallest absolute Gasteiger partial charge is 0.226 e. The van der Waals surface area contributed by atoms with E-state index in [4.69, 9.17) is 4.98 Å². The SMILES string of the molecule is Cc1ncc2[nH]c(-c3[nH]nc4ncc(-c5cncc(NC(=O)C(C)C)c5)cc34)nc2c1-c1cccnc1. The number of amides is 1. The number of nitrogens with one attached hydrogen (secondary N) is 3. The first-order chi connectivity index (χ1) is 18.0. The zero-order valence-corrected chi connectivity index (χ0v) is 20.4. The van der Waals surface area contributed by atoms with Crippen molar-refractivity contribution >= 4 is 33.7 Å². The minimum Gasteiger partial charge on any atom is -0.335 e. The predicted octanol–water partition coefficient (Wildman–Crippen LogP) is 4.92. The summed E-state index contributed by atoms with van der Waals surface area (Å²) in [6.07, 6.45) is 10.4. The van der Waals surface area contributed by atoms with E-state index >= 15 is 0 Å². The van der Waals surface area contributed by atoms with Gasteiger partial charge in [-0.05, 0) is 25.1 Å². The maximum absolute atomic E-state index is 12.1. The first-order valence-electron chi connectivity index (χ1n) is 11.8. The monoisotopic (exact) mass is 489 g/mol. The van der Waals surface area contributed by atoms with Crippen molar-refractivity contribution in [2.75, 3.05) is 5.32 Å². The number of pyridine rings is 4. The molecular formula is C27H23N9O. The highest BCUT2D eigenvalue weighted by Gasteiger charge is 2.18. The van der Waals surface area contributed by atoms with Crippen molar-refractivity contribution in [1.82, 2.24) is 40.1 Å². The van der Waals surface area contributed by atoms with Gasteiger partial charge in [0.15, 0.2) is 11.5 Å². The number of anilines is 1. The molecule has 0 bridgehead atoms. The van der Waals surface area contributed by atoms with Crippen molar-refractivity contribution in [2.45, 2.75) is 20.8 Å². The van der Waals surface area contributed by atoms with Crippen LogP contribution in [0.1, 0.15) is 19.5 Å². The number of carbonyl (C=O) groups is 1. The fourth-order valence-corrected chi connectivity index (χ4v) is 4.23. The summed E-state index contributed by atoms with van der Waals surface area (Å²) in [5.41, 5.74) is 7.95. The Kier molecular flexibility index (Phi) is 5.41. The second kappa shape index (κ2) is 8.90. The van der Waals surface area contributed by atoms with Gasteiger partial charge in [-0.25, -0.2) is 9.97 Å².